The first-order valence-electron chi connectivity index (χ1n) is 6.80. The van der Waals surface area contributed by atoms with Gasteiger partial charge in [-0.15, -0.1) is 0 Å². The quantitative estimate of drug-likeness (QED) is 0.945. The van der Waals surface area contributed by atoms with Gasteiger partial charge in [0.05, 0.1) is 10.7 Å². The molecule has 1 N–H and O–H groups in total. The number of halogens is 1. The third kappa shape index (κ3) is 3.42. The summed E-state index contributed by atoms with van der Waals surface area (Å²) in [4.78, 5) is 16.3. The predicted octanol–water partition coefficient (Wildman–Crippen LogP) is 2.90. The van der Waals surface area contributed by atoms with Gasteiger partial charge in [0.2, 0.25) is 5.91 Å². The Balaban J connectivity index is 2.08. The third-order valence-corrected chi connectivity index (χ3v) is 3.92. The molecule has 0 fully saturated rings. The number of hydrogen-bond donors (Lipinski definition) is 1. The van der Waals surface area contributed by atoms with E-state index in [0.29, 0.717) is 17.3 Å². The Labute approximate surface area is 129 Å². The number of pyridine rings is 1. The van der Waals surface area contributed by atoms with Crippen molar-refractivity contribution >= 4 is 23.3 Å². The van der Waals surface area contributed by atoms with Gasteiger partial charge in [0.1, 0.15) is 0 Å². The summed E-state index contributed by atoms with van der Waals surface area (Å²) in [5.74, 6) is 0.110. The fourth-order valence-electron chi connectivity index (χ4n) is 2.23. The fourth-order valence-corrected chi connectivity index (χ4v) is 2.40. The van der Waals surface area contributed by atoms with Gasteiger partial charge in [-0.2, -0.15) is 5.10 Å². The molecule has 0 aliphatic heterocycles. The van der Waals surface area contributed by atoms with Crippen LogP contribution in [0.2, 0.25) is 5.02 Å². The molecule has 0 saturated heterocycles. The van der Waals surface area contributed by atoms with Crippen molar-refractivity contribution in [2.75, 3.05) is 5.32 Å². The average Bonchev–Trinajstić information content (AvgIpc) is 2.67. The van der Waals surface area contributed by atoms with Gasteiger partial charge in [-0.05, 0) is 38.0 Å². The fraction of sp³-hybridized carbons (Fsp3) is 0.400. The van der Waals surface area contributed by atoms with Crippen LogP contribution in [-0.2, 0) is 18.3 Å². The number of nitrogens with one attached hydrogen (secondary N) is 1. The molecule has 2 aromatic rings. The van der Waals surface area contributed by atoms with Gasteiger partial charge in [0.15, 0.2) is 5.82 Å². The maximum Gasteiger partial charge on any atom is 0.228 e. The summed E-state index contributed by atoms with van der Waals surface area (Å²) in [5, 5.41) is 7.58. The molecule has 0 aliphatic rings. The Morgan fingerprint density at radius 1 is 1.48 bits per heavy atom. The van der Waals surface area contributed by atoms with Gasteiger partial charge >= 0.3 is 0 Å². The summed E-state index contributed by atoms with van der Waals surface area (Å²) in [6.07, 6.45) is 2.24. The number of rotatable bonds is 4. The average molecular weight is 307 g/mol. The number of aryl methyl sites for hydroxylation is 2. The topological polar surface area (TPSA) is 59.8 Å². The first kappa shape index (κ1) is 15.5. The van der Waals surface area contributed by atoms with Crippen molar-refractivity contribution in [2.24, 2.45) is 13.0 Å². The summed E-state index contributed by atoms with van der Waals surface area (Å²) >= 11 is 6.00. The second-order valence-electron chi connectivity index (χ2n) is 5.20. The van der Waals surface area contributed by atoms with Crippen LogP contribution >= 0.6 is 11.6 Å². The molecule has 1 atom stereocenters. The molecule has 2 rings (SSSR count). The van der Waals surface area contributed by atoms with Gasteiger partial charge in [-0.3, -0.25) is 9.48 Å². The third-order valence-electron chi connectivity index (χ3n) is 3.62. The van der Waals surface area contributed by atoms with Crippen LogP contribution in [0.25, 0.3) is 0 Å². The van der Waals surface area contributed by atoms with E-state index in [2.05, 4.69) is 15.4 Å². The van der Waals surface area contributed by atoms with Crippen LogP contribution in [0, 0.1) is 19.8 Å². The van der Waals surface area contributed by atoms with Crippen LogP contribution < -0.4 is 5.32 Å². The second-order valence-corrected chi connectivity index (χ2v) is 5.61. The first-order valence-corrected chi connectivity index (χ1v) is 7.18. The van der Waals surface area contributed by atoms with E-state index in [1.54, 1.807) is 18.3 Å². The lowest BCUT2D eigenvalue weighted by Gasteiger charge is -2.12. The van der Waals surface area contributed by atoms with Crippen LogP contribution in [0.5, 0.6) is 0 Å². The smallest absolute Gasteiger partial charge is 0.228 e. The van der Waals surface area contributed by atoms with Crippen LogP contribution in [0.15, 0.2) is 18.3 Å². The maximum atomic E-state index is 12.3. The van der Waals surface area contributed by atoms with Crippen LogP contribution in [0.4, 0.5) is 5.82 Å². The minimum atomic E-state index is -0.190. The summed E-state index contributed by atoms with van der Waals surface area (Å²) < 4.78 is 1.84. The van der Waals surface area contributed by atoms with E-state index in [1.165, 1.54) is 0 Å². The summed E-state index contributed by atoms with van der Waals surface area (Å²) in [5.41, 5.74) is 3.17. The molecule has 6 heteroatoms. The largest absolute Gasteiger partial charge is 0.309 e. The molecule has 0 bridgehead atoms. The number of carbonyl (C=O) groups is 1. The predicted molar refractivity (Wildman–Crippen MR) is 83.4 cm³/mol. The highest BCUT2D eigenvalue weighted by atomic mass is 35.5. The van der Waals surface area contributed by atoms with Gasteiger partial charge in [0.25, 0.3) is 0 Å². The van der Waals surface area contributed by atoms with Crippen molar-refractivity contribution in [2.45, 2.75) is 27.2 Å². The van der Waals surface area contributed by atoms with Gasteiger partial charge < -0.3 is 5.32 Å². The van der Waals surface area contributed by atoms with Crippen molar-refractivity contribution in [3.63, 3.8) is 0 Å². The van der Waals surface area contributed by atoms with E-state index < -0.39 is 0 Å². The minimum Gasteiger partial charge on any atom is -0.309 e. The number of carbonyl (C=O) groups excluding carboxylic acids is 1. The lowest BCUT2D eigenvalue weighted by molar-refractivity contribution is -0.119. The normalized spacial score (nSPS) is 12.2. The summed E-state index contributed by atoms with van der Waals surface area (Å²) in [6, 6.07) is 3.42. The zero-order valence-corrected chi connectivity index (χ0v) is 13.4. The molecule has 2 aromatic heterocycles. The Kier molecular flexibility index (Phi) is 4.63. The number of anilines is 1. The second kappa shape index (κ2) is 6.26. The Morgan fingerprint density at radius 3 is 2.76 bits per heavy atom. The molecule has 21 heavy (non-hydrogen) atoms. The Bertz CT molecular complexity index is 666. The van der Waals surface area contributed by atoms with Gasteiger partial charge in [-0.25, -0.2) is 4.98 Å². The van der Waals surface area contributed by atoms with E-state index in [-0.39, 0.29) is 11.8 Å². The lowest BCUT2D eigenvalue weighted by atomic mass is 9.99. The Morgan fingerprint density at radius 2 is 2.19 bits per heavy atom. The molecule has 0 aliphatic carbocycles. The lowest BCUT2D eigenvalue weighted by Crippen LogP contribution is -2.23. The van der Waals surface area contributed by atoms with Gasteiger partial charge in [0, 0.05) is 24.9 Å². The van der Waals surface area contributed by atoms with Crippen molar-refractivity contribution in [3.8, 4) is 0 Å². The van der Waals surface area contributed by atoms with Gasteiger partial charge in [-0.1, -0.05) is 18.5 Å². The van der Waals surface area contributed by atoms with Crippen molar-refractivity contribution in [1.82, 2.24) is 14.8 Å². The molecule has 5 nitrogen and oxygen atoms in total. The SMILES string of the molecule is Cc1nn(C)c(C)c1C[C@@H](C)C(=O)Nc1ncccc1Cl. The van der Waals surface area contributed by atoms with E-state index in [4.69, 9.17) is 11.6 Å². The molecule has 0 spiro atoms. The number of hydrogen-bond acceptors (Lipinski definition) is 3. The number of nitrogens with zero attached hydrogens (tertiary/aromatic N) is 3. The standard InChI is InChI=1S/C15H19ClN4O/c1-9(8-12-10(2)19-20(4)11(12)3)15(21)18-14-13(16)6-5-7-17-14/h5-7,9H,8H2,1-4H3,(H,17,18,21)/t9-/m1/s1. The van der Waals surface area contributed by atoms with E-state index >= 15 is 0 Å². The van der Waals surface area contributed by atoms with Crippen molar-refractivity contribution in [3.05, 3.63) is 40.3 Å². The molecule has 0 radical (unpaired) electrons. The summed E-state index contributed by atoms with van der Waals surface area (Å²) in [7, 11) is 1.91. The molecule has 0 aromatic carbocycles. The highest BCUT2D eigenvalue weighted by Gasteiger charge is 2.19. The van der Waals surface area contributed by atoms with Crippen LogP contribution in [-0.4, -0.2) is 20.7 Å². The molecule has 0 saturated carbocycles. The van der Waals surface area contributed by atoms with Crippen molar-refractivity contribution < 1.29 is 4.79 Å². The Hall–Kier alpha value is -1.88. The monoisotopic (exact) mass is 306 g/mol. The van der Waals surface area contributed by atoms with Crippen LogP contribution in [0.1, 0.15) is 23.9 Å². The highest BCUT2D eigenvalue weighted by Crippen LogP contribution is 2.20. The molecule has 2 heterocycles. The van der Waals surface area contributed by atoms with E-state index in [1.807, 2.05) is 32.5 Å². The number of aromatic nitrogens is 3. The number of amides is 1. The molecular weight excluding hydrogens is 288 g/mol. The zero-order valence-electron chi connectivity index (χ0n) is 12.6. The highest BCUT2D eigenvalue weighted by molar-refractivity contribution is 6.33. The van der Waals surface area contributed by atoms with E-state index in [0.717, 1.165) is 17.0 Å². The van der Waals surface area contributed by atoms with Crippen LogP contribution in [0.3, 0.4) is 0 Å². The van der Waals surface area contributed by atoms with E-state index in [9.17, 15) is 4.79 Å². The van der Waals surface area contributed by atoms with Crippen molar-refractivity contribution in [1.29, 1.82) is 0 Å². The maximum absolute atomic E-state index is 12.3. The minimum absolute atomic E-state index is 0.0988. The molecule has 112 valence electrons. The molecule has 0 unspecified atom stereocenters. The zero-order chi connectivity index (χ0) is 15.6. The summed E-state index contributed by atoms with van der Waals surface area (Å²) in [6.45, 7) is 5.86. The molecule has 1 amide bonds. The molecular formula is C15H19ClN4O. The first-order chi connectivity index (χ1) is 9.90.